The Morgan fingerprint density at radius 2 is 1.66 bits per heavy atom. The van der Waals surface area contributed by atoms with Gasteiger partial charge in [0, 0.05) is 18.8 Å². The van der Waals surface area contributed by atoms with Crippen molar-refractivity contribution < 1.29 is 32.2 Å². The molecule has 0 saturated heterocycles. The highest BCUT2D eigenvalue weighted by Crippen LogP contribution is 2.30. The number of esters is 1. The molecule has 10 heteroatoms. The Balaban J connectivity index is 2.13. The number of carbonyl (C=O) groups is 2. The molecule has 0 aliphatic carbocycles. The Morgan fingerprint density at radius 3 is 2.21 bits per heavy atom. The minimum absolute atomic E-state index is 0.114. The number of hydrogen-bond donors (Lipinski definition) is 1. The summed E-state index contributed by atoms with van der Waals surface area (Å²) in [5.41, 5.74) is 0.739. The fourth-order valence-corrected chi connectivity index (χ4v) is 3.74. The van der Waals surface area contributed by atoms with E-state index in [1.807, 2.05) is 0 Å². The molecule has 0 fully saturated rings. The van der Waals surface area contributed by atoms with E-state index in [2.05, 4.69) is 10.1 Å². The summed E-state index contributed by atoms with van der Waals surface area (Å²) in [4.78, 5) is 23.6. The predicted octanol–water partition coefficient (Wildman–Crippen LogP) is 1.75. The maximum Gasteiger partial charge on any atom is 0.337 e. The van der Waals surface area contributed by atoms with Gasteiger partial charge in [0.15, 0.2) is 0 Å². The van der Waals surface area contributed by atoms with Crippen molar-refractivity contribution in [3.63, 3.8) is 0 Å². The van der Waals surface area contributed by atoms with Crippen LogP contribution in [-0.4, -0.2) is 59.5 Å². The van der Waals surface area contributed by atoms with E-state index in [0.717, 1.165) is 4.31 Å². The predicted molar refractivity (Wildman–Crippen MR) is 106 cm³/mol. The quantitative estimate of drug-likeness (QED) is 0.645. The van der Waals surface area contributed by atoms with E-state index >= 15 is 0 Å². The van der Waals surface area contributed by atoms with Crippen LogP contribution in [0.4, 0.5) is 5.69 Å². The molecular weight excluding hydrogens is 400 g/mol. The van der Waals surface area contributed by atoms with Gasteiger partial charge >= 0.3 is 5.97 Å². The van der Waals surface area contributed by atoms with E-state index < -0.39 is 28.4 Å². The first-order valence-corrected chi connectivity index (χ1v) is 9.83. The number of carbonyl (C=O) groups excluding carboxylic acids is 2. The van der Waals surface area contributed by atoms with Crippen molar-refractivity contribution in [2.75, 3.05) is 40.2 Å². The molecule has 0 aliphatic rings. The summed E-state index contributed by atoms with van der Waals surface area (Å²) < 4.78 is 41.5. The second kappa shape index (κ2) is 9.39. The molecule has 0 unspecified atom stereocenters. The number of benzene rings is 2. The molecule has 29 heavy (non-hydrogen) atoms. The van der Waals surface area contributed by atoms with Crippen molar-refractivity contribution in [1.29, 1.82) is 0 Å². The van der Waals surface area contributed by atoms with Gasteiger partial charge in [-0.05, 0) is 36.4 Å². The van der Waals surface area contributed by atoms with Crippen LogP contribution in [0.1, 0.15) is 10.4 Å². The van der Waals surface area contributed by atoms with Crippen molar-refractivity contribution >= 4 is 27.6 Å². The number of nitrogens with zero attached hydrogens (tertiary/aromatic N) is 1. The van der Waals surface area contributed by atoms with Gasteiger partial charge in [-0.3, -0.25) is 4.79 Å². The third-order valence-corrected chi connectivity index (χ3v) is 5.84. The van der Waals surface area contributed by atoms with Crippen LogP contribution < -0.4 is 14.8 Å². The molecule has 0 saturated carbocycles. The summed E-state index contributed by atoms with van der Waals surface area (Å²) >= 11 is 0. The van der Waals surface area contributed by atoms with Crippen LogP contribution in [0.5, 0.6) is 11.5 Å². The van der Waals surface area contributed by atoms with Gasteiger partial charge in [0.2, 0.25) is 15.9 Å². The van der Waals surface area contributed by atoms with Crippen molar-refractivity contribution in [3.8, 4) is 11.5 Å². The molecule has 0 atom stereocenters. The van der Waals surface area contributed by atoms with Gasteiger partial charge in [-0.2, -0.15) is 4.31 Å². The number of ether oxygens (including phenoxy) is 3. The monoisotopic (exact) mass is 422 g/mol. The third-order valence-electron chi connectivity index (χ3n) is 4.02. The van der Waals surface area contributed by atoms with Gasteiger partial charge in [0.25, 0.3) is 0 Å². The van der Waals surface area contributed by atoms with Crippen LogP contribution in [0, 0.1) is 0 Å². The first-order chi connectivity index (χ1) is 13.7. The Bertz CT molecular complexity index is 988. The van der Waals surface area contributed by atoms with Crippen molar-refractivity contribution in [3.05, 3.63) is 48.0 Å². The fraction of sp³-hybridized carbons (Fsp3) is 0.263. The summed E-state index contributed by atoms with van der Waals surface area (Å²) in [5, 5.41) is 2.58. The fourth-order valence-electron chi connectivity index (χ4n) is 2.45. The molecule has 2 aromatic rings. The average Bonchev–Trinajstić information content (AvgIpc) is 2.72. The number of nitrogens with one attached hydrogen (secondary N) is 1. The zero-order valence-corrected chi connectivity index (χ0v) is 17.3. The molecule has 156 valence electrons. The molecule has 1 amide bonds. The third kappa shape index (κ3) is 5.24. The molecule has 2 aromatic carbocycles. The summed E-state index contributed by atoms with van der Waals surface area (Å²) in [6.45, 7) is -0.429. The highest BCUT2D eigenvalue weighted by Gasteiger charge is 2.27. The van der Waals surface area contributed by atoms with Crippen LogP contribution in [0.2, 0.25) is 0 Å². The van der Waals surface area contributed by atoms with Crippen LogP contribution in [0.3, 0.4) is 0 Å². The number of anilines is 1. The standard InChI is InChI=1S/C19H22N2O7S/c1-21(29(24,25)17-11-15(26-2)9-10-16(17)27-3)12-18(22)20-14-7-5-13(6-8-14)19(23)28-4/h5-11H,12H2,1-4H3,(H,20,22). The van der Waals surface area contributed by atoms with Crippen LogP contribution >= 0.6 is 0 Å². The van der Waals surface area contributed by atoms with Crippen LogP contribution in [0.15, 0.2) is 47.4 Å². The van der Waals surface area contributed by atoms with Gasteiger partial charge in [0.05, 0.1) is 33.4 Å². The minimum Gasteiger partial charge on any atom is -0.497 e. The highest BCUT2D eigenvalue weighted by atomic mass is 32.2. The van der Waals surface area contributed by atoms with Crippen molar-refractivity contribution in [2.45, 2.75) is 4.90 Å². The van der Waals surface area contributed by atoms with E-state index in [4.69, 9.17) is 9.47 Å². The molecule has 1 N–H and O–H groups in total. The molecule has 0 heterocycles. The van der Waals surface area contributed by atoms with E-state index in [0.29, 0.717) is 17.0 Å². The lowest BCUT2D eigenvalue weighted by Gasteiger charge is -2.19. The summed E-state index contributed by atoms with van der Waals surface area (Å²) in [7, 11) is 1.31. The highest BCUT2D eigenvalue weighted by molar-refractivity contribution is 7.89. The topological polar surface area (TPSA) is 111 Å². The Labute approximate surface area is 169 Å². The van der Waals surface area contributed by atoms with Gasteiger partial charge in [-0.15, -0.1) is 0 Å². The average molecular weight is 422 g/mol. The van der Waals surface area contributed by atoms with Crippen LogP contribution in [-0.2, 0) is 19.6 Å². The second-order valence-electron chi connectivity index (χ2n) is 5.89. The summed E-state index contributed by atoms with van der Waals surface area (Å²) in [6.07, 6.45) is 0. The number of sulfonamides is 1. The van der Waals surface area contributed by atoms with Gasteiger partial charge < -0.3 is 19.5 Å². The molecule has 0 aromatic heterocycles. The van der Waals surface area contributed by atoms with E-state index in [-0.39, 0.29) is 10.6 Å². The van der Waals surface area contributed by atoms with E-state index in [9.17, 15) is 18.0 Å². The number of rotatable bonds is 8. The Hall–Kier alpha value is -3.11. The largest absolute Gasteiger partial charge is 0.497 e. The first-order valence-electron chi connectivity index (χ1n) is 8.39. The smallest absolute Gasteiger partial charge is 0.337 e. The van der Waals surface area contributed by atoms with Crippen molar-refractivity contribution in [1.82, 2.24) is 4.31 Å². The lowest BCUT2D eigenvalue weighted by molar-refractivity contribution is -0.116. The van der Waals surface area contributed by atoms with Crippen molar-refractivity contribution in [2.24, 2.45) is 0 Å². The minimum atomic E-state index is -4.02. The normalized spacial score (nSPS) is 11.1. The summed E-state index contributed by atoms with van der Waals surface area (Å²) in [6, 6.07) is 10.4. The number of methoxy groups -OCH3 is 3. The number of amides is 1. The lowest BCUT2D eigenvalue weighted by Crippen LogP contribution is -2.35. The van der Waals surface area contributed by atoms with E-state index in [1.54, 1.807) is 6.07 Å². The Morgan fingerprint density at radius 1 is 1.00 bits per heavy atom. The molecule has 0 spiro atoms. The number of hydrogen-bond acceptors (Lipinski definition) is 7. The zero-order chi connectivity index (χ0) is 21.6. The molecule has 0 bridgehead atoms. The van der Waals surface area contributed by atoms with Gasteiger partial charge in [0.1, 0.15) is 16.4 Å². The maximum atomic E-state index is 12.9. The van der Waals surface area contributed by atoms with Crippen LogP contribution in [0.25, 0.3) is 0 Å². The molecular formula is C19H22N2O7S. The Kier molecular flexibility index (Phi) is 7.18. The van der Waals surface area contributed by atoms with E-state index in [1.165, 1.54) is 64.8 Å². The number of likely N-dealkylation sites (N-methyl/N-ethyl adjacent to an activating group) is 1. The maximum absolute atomic E-state index is 12.9. The summed E-state index contributed by atoms with van der Waals surface area (Å²) in [5.74, 6) is -0.575. The second-order valence-corrected chi connectivity index (χ2v) is 7.91. The first kappa shape index (κ1) is 22.2. The molecule has 0 radical (unpaired) electrons. The molecule has 9 nitrogen and oxygen atoms in total. The SMILES string of the molecule is COC(=O)c1ccc(NC(=O)CN(C)S(=O)(=O)c2cc(OC)ccc2OC)cc1. The zero-order valence-electron chi connectivity index (χ0n) is 16.5. The lowest BCUT2D eigenvalue weighted by atomic mass is 10.2. The van der Waals surface area contributed by atoms with Gasteiger partial charge in [-0.25, -0.2) is 13.2 Å². The van der Waals surface area contributed by atoms with Gasteiger partial charge in [-0.1, -0.05) is 0 Å². The molecule has 0 aliphatic heterocycles. The molecule has 2 rings (SSSR count).